The van der Waals surface area contributed by atoms with Crippen molar-refractivity contribution in [3.8, 4) is 10.4 Å². The van der Waals surface area contributed by atoms with Gasteiger partial charge in [0, 0.05) is 9.77 Å². The van der Waals surface area contributed by atoms with Crippen molar-refractivity contribution in [2.75, 3.05) is 18.2 Å². The average Bonchev–Trinajstić information content (AvgIpc) is 3.24. The Hall–Kier alpha value is -2.81. The molecule has 3 aromatic rings. The Labute approximate surface area is 205 Å². The van der Waals surface area contributed by atoms with Crippen molar-refractivity contribution in [3.05, 3.63) is 70.7 Å². The molecule has 33 heavy (non-hydrogen) atoms. The van der Waals surface area contributed by atoms with Crippen LogP contribution in [0.25, 0.3) is 10.4 Å². The largest absolute Gasteiger partial charge is 0.462 e. The zero-order valence-electron chi connectivity index (χ0n) is 18.2. The van der Waals surface area contributed by atoms with Gasteiger partial charge in [0.05, 0.1) is 22.8 Å². The van der Waals surface area contributed by atoms with Crippen LogP contribution in [0.3, 0.4) is 0 Å². The number of carbonyl (C=O) groups excluding carboxylic acids is 3. The minimum absolute atomic E-state index is 0.179. The predicted molar refractivity (Wildman–Crippen MR) is 132 cm³/mol. The summed E-state index contributed by atoms with van der Waals surface area (Å²) in [6.45, 7) is 3.36. The Morgan fingerprint density at radius 1 is 1.06 bits per heavy atom. The average molecular weight is 504 g/mol. The van der Waals surface area contributed by atoms with Crippen molar-refractivity contribution in [1.29, 1.82) is 0 Å². The predicted octanol–water partition coefficient (Wildman–Crippen LogP) is 6.15. The van der Waals surface area contributed by atoms with Gasteiger partial charge in [0.1, 0.15) is 5.00 Å². The molecule has 2 aromatic carbocycles. The summed E-state index contributed by atoms with van der Waals surface area (Å²) in [4.78, 5) is 39.5. The van der Waals surface area contributed by atoms with Gasteiger partial charge in [-0.2, -0.15) is 0 Å². The Kier molecular flexibility index (Phi) is 8.55. The molecule has 3 rings (SSSR count). The zero-order valence-corrected chi connectivity index (χ0v) is 20.6. The van der Waals surface area contributed by atoms with Gasteiger partial charge >= 0.3 is 11.9 Å². The number of ether oxygens (including phenoxy) is 2. The summed E-state index contributed by atoms with van der Waals surface area (Å²) in [6.07, 6.45) is 0.754. The fraction of sp³-hybridized carbons (Fsp3) is 0.208. The molecule has 6 nitrogen and oxygen atoms in total. The second kappa shape index (κ2) is 11.4. The quantitative estimate of drug-likeness (QED) is 0.293. The monoisotopic (exact) mass is 503 g/mol. The summed E-state index contributed by atoms with van der Waals surface area (Å²) in [5.74, 6) is -1.83. The van der Waals surface area contributed by atoms with Gasteiger partial charge in [-0.15, -0.1) is 23.1 Å². The Morgan fingerprint density at radius 3 is 2.45 bits per heavy atom. The van der Waals surface area contributed by atoms with E-state index in [2.05, 4.69) is 5.32 Å². The molecule has 0 aliphatic heterocycles. The molecule has 1 atom stereocenters. The van der Waals surface area contributed by atoms with Crippen LogP contribution >= 0.6 is 34.7 Å². The molecule has 0 fully saturated rings. The maximum absolute atomic E-state index is 12.8. The summed E-state index contributed by atoms with van der Waals surface area (Å²) in [7, 11) is 0. The highest BCUT2D eigenvalue weighted by atomic mass is 35.5. The molecule has 0 radical (unpaired) electrons. The van der Waals surface area contributed by atoms with Gasteiger partial charge in [-0.1, -0.05) is 41.9 Å². The van der Waals surface area contributed by atoms with Gasteiger partial charge in [0.2, 0.25) is 0 Å². The molecule has 0 spiro atoms. The van der Waals surface area contributed by atoms with E-state index in [1.54, 1.807) is 31.2 Å². The number of thioether (sulfide) groups is 1. The molecule has 1 N–H and O–H groups in total. The molecule has 0 aliphatic rings. The minimum atomic E-state index is -1.12. The fourth-order valence-corrected chi connectivity index (χ4v) is 4.56. The van der Waals surface area contributed by atoms with Crippen molar-refractivity contribution in [3.63, 3.8) is 0 Å². The lowest BCUT2D eigenvalue weighted by atomic mass is 10.1. The molecule has 172 valence electrons. The maximum Gasteiger partial charge on any atom is 0.341 e. The minimum Gasteiger partial charge on any atom is -0.462 e. The van der Waals surface area contributed by atoms with E-state index in [0.29, 0.717) is 5.00 Å². The first-order valence-corrected chi connectivity index (χ1v) is 12.5. The molecule has 1 aromatic heterocycles. The first-order valence-electron chi connectivity index (χ1n) is 10.1. The smallest absolute Gasteiger partial charge is 0.341 e. The highest BCUT2D eigenvalue weighted by Crippen LogP contribution is 2.36. The van der Waals surface area contributed by atoms with Crippen LogP contribution in [0.15, 0.2) is 59.5 Å². The molecule has 0 bridgehead atoms. The van der Waals surface area contributed by atoms with Gasteiger partial charge in [-0.3, -0.25) is 4.79 Å². The summed E-state index contributed by atoms with van der Waals surface area (Å²) >= 11 is 8.82. The van der Waals surface area contributed by atoms with Crippen molar-refractivity contribution in [1.82, 2.24) is 0 Å². The molecule has 0 saturated carbocycles. The van der Waals surface area contributed by atoms with Gasteiger partial charge in [-0.05, 0) is 49.9 Å². The topological polar surface area (TPSA) is 81.7 Å². The first-order chi connectivity index (χ1) is 15.8. The van der Waals surface area contributed by atoms with Crippen molar-refractivity contribution in [2.45, 2.75) is 24.8 Å². The van der Waals surface area contributed by atoms with E-state index in [1.165, 1.54) is 30.0 Å². The summed E-state index contributed by atoms with van der Waals surface area (Å²) in [5.41, 5.74) is 1.32. The molecule has 0 unspecified atom stereocenters. The van der Waals surface area contributed by atoms with Gasteiger partial charge in [0.15, 0.2) is 6.10 Å². The number of rotatable bonds is 8. The molecular formula is C24H22ClNO5S2. The highest BCUT2D eigenvalue weighted by molar-refractivity contribution is 7.98. The van der Waals surface area contributed by atoms with Crippen molar-refractivity contribution < 1.29 is 23.9 Å². The molecule has 0 aliphatic carbocycles. The normalized spacial score (nSPS) is 11.5. The van der Waals surface area contributed by atoms with Gasteiger partial charge in [-0.25, -0.2) is 9.59 Å². The van der Waals surface area contributed by atoms with Crippen LogP contribution in [0, 0.1) is 0 Å². The standard InChI is InChI=1S/C24H22ClNO5S2/c1-4-30-23(28)18-13-20(15-8-6-5-7-9-15)33-22(18)26-21(27)14(2)31-24(29)17-12-16(32-3)10-11-19(17)25/h5-14H,4H2,1-3H3,(H,26,27)/t14-/m1/s1. The first kappa shape index (κ1) is 24.8. The Bertz CT molecular complexity index is 1160. The lowest BCUT2D eigenvalue weighted by Gasteiger charge is -2.14. The number of amides is 1. The van der Waals surface area contributed by atoms with Crippen LogP contribution in [0.5, 0.6) is 0 Å². The van der Waals surface area contributed by atoms with E-state index in [4.69, 9.17) is 21.1 Å². The second-order valence-corrected chi connectivity index (χ2v) is 9.16. The van der Waals surface area contributed by atoms with Crippen molar-refractivity contribution >= 4 is 57.5 Å². The molecule has 9 heteroatoms. The number of benzene rings is 2. The molecule has 1 heterocycles. The van der Waals surface area contributed by atoms with Gasteiger partial charge in [0.25, 0.3) is 5.91 Å². The number of halogens is 1. The second-order valence-electron chi connectivity index (χ2n) is 6.82. The Morgan fingerprint density at radius 2 is 1.79 bits per heavy atom. The van der Waals surface area contributed by atoms with Crippen molar-refractivity contribution in [2.24, 2.45) is 0 Å². The summed E-state index contributed by atoms with van der Waals surface area (Å²) < 4.78 is 10.5. The molecular weight excluding hydrogens is 482 g/mol. The van der Waals surface area contributed by atoms with Gasteiger partial charge < -0.3 is 14.8 Å². The van der Waals surface area contributed by atoms with E-state index in [-0.39, 0.29) is 22.8 Å². The zero-order chi connectivity index (χ0) is 24.0. The van der Waals surface area contributed by atoms with E-state index in [1.807, 2.05) is 36.6 Å². The number of hydrogen-bond acceptors (Lipinski definition) is 7. The van der Waals surface area contributed by atoms with E-state index in [9.17, 15) is 14.4 Å². The van der Waals surface area contributed by atoms with Crippen LogP contribution in [0.1, 0.15) is 34.6 Å². The van der Waals surface area contributed by atoms with Crippen LogP contribution < -0.4 is 5.32 Å². The number of nitrogens with one attached hydrogen (secondary N) is 1. The van der Waals surface area contributed by atoms with E-state index < -0.39 is 23.9 Å². The lowest BCUT2D eigenvalue weighted by molar-refractivity contribution is -0.123. The van der Waals surface area contributed by atoms with E-state index in [0.717, 1.165) is 15.3 Å². The summed E-state index contributed by atoms with van der Waals surface area (Å²) in [6, 6.07) is 16.2. The van der Waals surface area contributed by atoms with Crippen LogP contribution in [0.4, 0.5) is 5.00 Å². The third kappa shape index (κ3) is 6.16. The summed E-state index contributed by atoms with van der Waals surface area (Å²) in [5, 5.41) is 3.26. The molecule has 0 saturated heterocycles. The van der Waals surface area contributed by atoms with Crippen LogP contribution in [-0.4, -0.2) is 36.8 Å². The number of thiophene rings is 1. The highest BCUT2D eigenvalue weighted by Gasteiger charge is 2.25. The molecule has 1 amide bonds. The number of carbonyl (C=O) groups is 3. The third-order valence-electron chi connectivity index (χ3n) is 4.57. The van der Waals surface area contributed by atoms with Crippen LogP contribution in [-0.2, 0) is 14.3 Å². The number of hydrogen-bond donors (Lipinski definition) is 1. The van der Waals surface area contributed by atoms with Crippen LogP contribution in [0.2, 0.25) is 5.02 Å². The maximum atomic E-state index is 12.8. The lowest BCUT2D eigenvalue weighted by Crippen LogP contribution is -2.30. The van der Waals surface area contributed by atoms with E-state index >= 15 is 0 Å². The fourth-order valence-electron chi connectivity index (χ4n) is 2.87. The SMILES string of the molecule is CCOC(=O)c1cc(-c2ccccc2)sc1NC(=O)[C@@H](C)OC(=O)c1cc(SC)ccc1Cl. The number of esters is 2. The Balaban J connectivity index is 1.79. The number of anilines is 1. The third-order valence-corrected chi connectivity index (χ3v) is 6.72.